The highest BCUT2D eigenvalue weighted by atomic mass is 28.4. The van der Waals surface area contributed by atoms with E-state index in [1.807, 2.05) is 48.5 Å². The van der Waals surface area contributed by atoms with Gasteiger partial charge in [0.2, 0.25) is 0 Å². The van der Waals surface area contributed by atoms with Crippen molar-refractivity contribution >= 4 is 20.1 Å². The Labute approximate surface area is 277 Å². The summed E-state index contributed by atoms with van der Waals surface area (Å²) in [4.78, 5) is 28.0. The van der Waals surface area contributed by atoms with Crippen LogP contribution in [-0.2, 0) is 41.4 Å². The second-order valence-corrected chi connectivity index (χ2v) is 19.9. The van der Waals surface area contributed by atoms with Gasteiger partial charge >= 0.3 is 5.97 Å². The van der Waals surface area contributed by atoms with Gasteiger partial charge < -0.3 is 23.7 Å². The molecule has 2 aromatic rings. The van der Waals surface area contributed by atoms with Gasteiger partial charge in [-0.15, -0.1) is 0 Å². The first-order valence-electron chi connectivity index (χ1n) is 17.0. The molecule has 254 valence electrons. The molecule has 2 aromatic carbocycles. The Bertz CT molecular complexity index is 1280. The zero-order chi connectivity index (χ0) is 33.6. The van der Waals surface area contributed by atoms with Gasteiger partial charge in [0.05, 0.1) is 39.1 Å². The van der Waals surface area contributed by atoms with Crippen molar-refractivity contribution in [2.45, 2.75) is 110 Å². The van der Waals surface area contributed by atoms with Crippen LogP contribution >= 0.6 is 0 Å². The number of Topliss-reactive ketones (excluding diaryl/α,β-unsaturated/α-hetero) is 1. The molecule has 0 aromatic heterocycles. The third kappa shape index (κ3) is 7.52. The van der Waals surface area contributed by atoms with Gasteiger partial charge in [0.15, 0.2) is 19.5 Å². The maximum Gasteiger partial charge on any atom is 0.322 e. The zero-order valence-electron chi connectivity index (χ0n) is 29.1. The van der Waals surface area contributed by atoms with E-state index in [9.17, 15) is 14.7 Å². The number of aliphatic hydroxyl groups excluding tert-OH is 1. The topological polar surface area (TPSA) is 91.3 Å². The highest BCUT2D eigenvalue weighted by molar-refractivity contribution is 6.74. The van der Waals surface area contributed by atoms with Gasteiger partial charge in [-0.3, -0.25) is 9.59 Å². The molecule has 0 spiro atoms. The molecule has 8 heteroatoms. The Morgan fingerprint density at radius 1 is 0.978 bits per heavy atom. The number of esters is 1. The van der Waals surface area contributed by atoms with E-state index in [0.29, 0.717) is 45.7 Å². The normalized spacial score (nSPS) is 27.6. The Balaban J connectivity index is 1.70. The number of hydrogen-bond donors (Lipinski definition) is 1. The number of ketones is 1. The monoisotopic (exact) mass is 652 g/mol. The van der Waals surface area contributed by atoms with Crippen LogP contribution in [0.5, 0.6) is 0 Å². The molecular formula is C38H56O7Si. The first kappa shape index (κ1) is 36.5. The van der Waals surface area contributed by atoms with Gasteiger partial charge in [0.1, 0.15) is 0 Å². The minimum Gasteiger partial charge on any atom is -0.468 e. The van der Waals surface area contributed by atoms with Gasteiger partial charge in [0, 0.05) is 18.4 Å². The Morgan fingerprint density at radius 2 is 1.57 bits per heavy atom. The van der Waals surface area contributed by atoms with Crippen LogP contribution in [-0.4, -0.2) is 57.7 Å². The van der Waals surface area contributed by atoms with Crippen molar-refractivity contribution in [1.29, 1.82) is 0 Å². The molecule has 1 N–H and O–H groups in total. The predicted octanol–water partition coefficient (Wildman–Crippen LogP) is 7.51. The van der Waals surface area contributed by atoms with Gasteiger partial charge in [-0.2, -0.15) is 0 Å². The Morgan fingerprint density at radius 3 is 2.13 bits per heavy atom. The number of carbonyl (C=O) groups excluding carboxylic acids is 2. The molecule has 0 aliphatic heterocycles. The summed E-state index contributed by atoms with van der Waals surface area (Å²) in [5.74, 6) is -1.53. The lowest BCUT2D eigenvalue weighted by Gasteiger charge is -2.61. The first-order chi connectivity index (χ1) is 21.8. The third-order valence-corrected chi connectivity index (χ3v) is 15.8. The summed E-state index contributed by atoms with van der Waals surface area (Å²) in [7, 11) is -1.01. The van der Waals surface area contributed by atoms with Crippen molar-refractivity contribution < 1.29 is 33.3 Å². The molecule has 0 bridgehead atoms. The summed E-state index contributed by atoms with van der Waals surface area (Å²) < 4.78 is 25.2. The SMILES string of the molecule is COC(=O)[C@]12C(=O)C[C@H](COCc3ccccc3)[C@](C)([C@H](CCCOCc3ccccc3)O[Si](C)(C)C(C)(C)C)[C@@H]1CCC[C@@H]2O. The highest BCUT2D eigenvalue weighted by Crippen LogP contribution is 2.62. The van der Waals surface area contributed by atoms with Crippen molar-refractivity contribution in [1.82, 2.24) is 0 Å². The van der Waals surface area contributed by atoms with Crippen LogP contribution < -0.4 is 0 Å². The van der Waals surface area contributed by atoms with Crippen LogP contribution in [0.1, 0.15) is 77.3 Å². The molecule has 46 heavy (non-hydrogen) atoms. The smallest absolute Gasteiger partial charge is 0.322 e. The molecule has 0 heterocycles. The fourth-order valence-corrected chi connectivity index (χ4v) is 9.06. The van der Waals surface area contributed by atoms with Crippen LogP contribution in [0.15, 0.2) is 60.7 Å². The summed E-state index contributed by atoms with van der Waals surface area (Å²) in [5.41, 5.74) is -0.0805. The maximum absolute atomic E-state index is 14.2. The van der Waals surface area contributed by atoms with Crippen LogP contribution in [0.2, 0.25) is 18.1 Å². The van der Waals surface area contributed by atoms with E-state index in [2.05, 4.69) is 52.9 Å². The fraction of sp³-hybridized carbons (Fsp3) is 0.632. The van der Waals surface area contributed by atoms with Gasteiger partial charge in [0.25, 0.3) is 0 Å². The van der Waals surface area contributed by atoms with Crippen molar-refractivity contribution in [3.05, 3.63) is 71.8 Å². The predicted molar refractivity (Wildman–Crippen MR) is 183 cm³/mol. The number of methoxy groups -OCH3 is 1. The van der Waals surface area contributed by atoms with E-state index in [1.54, 1.807) is 0 Å². The summed E-state index contributed by atoms with van der Waals surface area (Å²) >= 11 is 0. The lowest BCUT2D eigenvalue weighted by Crippen LogP contribution is -2.69. The maximum atomic E-state index is 14.2. The van der Waals surface area contributed by atoms with E-state index in [1.165, 1.54) is 7.11 Å². The van der Waals surface area contributed by atoms with Crippen LogP contribution in [0.25, 0.3) is 0 Å². The molecule has 0 amide bonds. The Kier molecular flexibility index (Phi) is 12.1. The number of fused-ring (bicyclic) bond motifs is 1. The quantitative estimate of drug-likeness (QED) is 0.0978. The summed E-state index contributed by atoms with van der Waals surface area (Å²) in [6.45, 7) is 15.3. The van der Waals surface area contributed by atoms with Crippen LogP contribution in [0.4, 0.5) is 0 Å². The van der Waals surface area contributed by atoms with Gasteiger partial charge in [-0.05, 0) is 66.8 Å². The summed E-state index contributed by atoms with van der Waals surface area (Å²) in [6, 6.07) is 20.2. The first-order valence-corrected chi connectivity index (χ1v) is 19.9. The molecule has 0 unspecified atom stereocenters. The van der Waals surface area contributed by atoms with E-state index in [4.69, 9.17) is 18.6 Å². The second kappa shape index (κ2) is 15.2. The Hall–Kier alpha value is -2.36. The number of benzene rings is 2. The summed E-state index contributed by atoms with van der Waals surface area (Å²) in [6.07, 6.45) is 1.94. The molecular weight excluding hydrogens is 596 g/mol. The average Bonchev–Trinajstić information content (AvgIpc) is 3.02. The van der Waals surface area contributed by atoms with Crippen molar-refractivity contribution in [3.63, 3.8) is 0 Å². The largest absolute Gasteiger partial charge is 0.468 e. The second-order valence-electron chi connectivity index (χ2n) is 15.1. The molecule has 2 saturated carbocycles. The fourth-order valence-electron chi connectivity index (χ4n) is 7.63. The third-order valence-electron chi connectivity index (χ3n) is 11.3. The number of ether oxygens (including phenoxy) is 3. The zero-order valence-corrected chi connectivity index (χ0v) is 30.1. The number of aliphatic hydroxyl groups is 1. The molecule has 2 aliphatic rings. The molecule has 0 radical (unpaired) electrons. The van der Waals surface area contributed by atoms with Crippen molar-refractivity contribution in [3.8, 4) is 0 Å². The van der Waals surface area contributed by atoms with Gasteiger partial charge in [-0.25, -0.2) is 0 Å². The number of carbonyl (C=O) groups is 2. The molecule has 4 rings (SSSR count). The molecule has 6 atom stereocenters. The highest BCUT2D eigenvalue weighted by Gasteiger charge is 2.70. The average molecular weight is 653 g/mol. The number of hydrogen-bond acceptors (Lipinski definition) is 7. The van der Waals surface area contributed by atoms with E-state index in [-0.39, 0.29) is 29.3 Å². The standard InChI is InChI=1S/C38H56O7Si/c1-36(2,3)46(6,7)45-34(22-15-23-43-25-28-16-10-8-11-17-28)37(4)30(27-44-26-29-18-12-9-13-19-29)24-33(40)38(35(41)42-5)31(37)20-14-21-32(38)39/h8-13,16-19,30-32,34,39H,14-15,20-27H2,1-7H3/t30-,31+,32+,34+,37+,38-/m1/s1. The van der Waals surface area contributed by atoms with E-state index in [0.717, 1.165) is 24.0 Å². The van der Waals surface area contributed by atoms with Crippen molar-refractivity contribution in [2.75, 3.05) is 20.3 Å². The van der Waals surface area contributed by atoms with Gasteiger partial charge in [-0.1, -0.05) is 94.8 Å². The number of rotatable bonds is 14. The lowest BCUT2D eigenvalue weighted by molar-refractivity contribution is -0.210. The van der Waals surface area contributed by atoms with E-state index < -0.39 is 37.1 Å². The molecule has 2 fully saturated rings. The van der Waals surface area contributed by atoms with Crippen LogP contribution in [0, 0.1) is 22.7 Å². The minimum atomic E-state index is -2.33. The van der Waals surface area contributed by atoms with Crippen molar-refractivity contribution in [2.24, 2.45) is 22.7 Å². The molecule has 0 saturated heterocycles. The summed E-state index contributed by atoms with van der Waals surface area (Å²) in [5, 5.41) is 11.5. The lowest BCUT2D eigenvalue weighted by atomic mass is 9.44. The minimum absolute atomic E-state index is 0.0548. The molecule has 2 aliphatic carbocycles. The van der Waals surface area contributed by atoms with E-state index >= 15 is 0 Å². The van der Waals surface area contributed by atoms with Crippen LogP contribution in [0.3, 0.4) is 0 Å². The molecule has 7 nitrogen and oxygen atoms in total.